The number of piperazine rings is 1. The molecule has 2 saturated heterocycles. The lowest BCUT2D eigenvalue weighted by molar-refractivity contribution is -0.00526. The molecule has 0 spiro atoms. The van der Waals surface area contributed by atoms with Crippen LogP contribution in [0.3, 0.4) is 0 Å². The summed E-state index contributed by atoms with van der Waals surface area (Å²) in [5.74, 6) is 1.93. The highest BCUT2D eigenvalue weighted by Gasteiger charge is 2.35. The molecular weight excluding hydrogens is 354 g/mol. The zero-order valence-corrected chi connectivity index (χ0v) is 17.8. The fraction of sp³-hybridized carbons (Fsp3) is 0.667. The van der Waals surface area contributed by atoms with Crippen LogP contribution in [0.15, 0.2) is 29.3 Å². The van der Waals surface area contributed by atoms with Crippen LogP contribution in [0.1, 0.15) is 12.8 Å². The van der Waals surface area contributed by atoms with Gasteiger partial charge in [-0.15, -0.1) is 0 Å². The van der Waals surface area contributed by atoms with Gasteiger partial charge in [-0.05, 0) is 39.1 Å². The van der Waals surface area contributed by atoms with E-state index >= 15 is 0 Å². The number of guanidine groups is 1. The van der Waals surface area contributed by atoms with Crippen LogP contribution in [-0.2, 0) is 4.74 Å². The van der Waals surface area contributed by atoms with E-state index in [2.05, 4.69) is 51.2 Å². The zero-order chi connectivity index (χ0) is 20.0. The Labute approximate surface area is 169 Å². The van der Waals surface area contributed by atoms with Crippen molar-refractivity contribution < 1.29 is 9.47 Å². The molecule has 0 bridgehead atoms. The second-order valence-corrected chi connectivity index (χ2v) is 7.78. The van der Waals surface area contributed by atoms with E-state index in [-0.39, 0.29) is 5.54 Å². The lowest BCUT2D eigenvalue weighted by Gasteiger charge is -2.44. The molecule has 1 aromatic rings. The average Bonchev–Trinajstić information content (AvgIpc) is 2.75. The maximum atomic E-state index is 5.59. The second kappa shape index (κ2) is 9.47. The molecule has 156 valence electrons. The first-order valence-corrected chi connectivity index (χ1v) is 10.2. The number of benzene rings is 1. The Morgan fingerprint density at radius 1 is 1.18 bits per heavy atom. The van der Waals surface area contributed by atoms with E-state index in [1.165, 1.54) is 5.69 Å². The van der Waals surface area contributed by atoms with E-state index in [1.807, 2.05) is 19.2 Å². The molecule has 2 heterocycles. The topological polar surface area (TPSA) is 52.6 Å². The van der Waals surface area contributed by atoms with Crippen molar-refractivity contribution >= 4 is 11.6 Å². The minimum atomic E-state index is 0.132. The molecule has 1 aromatic carbocycles. The van der Waals surface area contributed by atoms with Gasteiger partial charge in [-0.3, -0.25) is 4.99 Å². The summed E-state index contributed by atoms with van der Waals surface area (Å²) in [6.45, 7) is 6.34. The molecule has 0 atom stereocenters. The predicted molar refractivity (Wildman–Crippen MR) is 115 cm³/mol. The van der Waals surface area contributed by atoms with Gasteiger partial charge >= 0.3 is 0 Å². The van der Waals surface area contributed by atoms with Gasteiger partial charge in [0.25, 0.3) is 0 Å². The number of nitrogens with zero attached hydrogens (tertiary/aromatic N) is 4. The SMILES string of the molecule is CN=C(NCC1(N(C)C)CCOCC1)N1CCN(c2ccccc2OC)CC1. The number of para-hydroxylation sites is 2. The maximum absolute atomic E-state index is 5.59. The lowest BCUT2D eigenvalue weighted by Crippen LogP contribution is -2.59. The highest BCUT2D eigenvalue weighted by atomic mass is 16.5. The molecule has 7 heteroatoms. The van der Waals surface area contributed by atoms with Crippen molar-refractivity contribution in [1.82, 2.24) is 15.1 Å². The zero-order valence-electron chi connectivity index (χ0n) is 17.8. The quantitative estimate of drug-likeness (QED) is 0.609. The average molecular weight is 390 g/mol. The van der Waals surface area contributed by atoms with Crippen LogP contribution in [0.4, 0.5) is 5.69 Å². The number of hydrogen-bond donors (Lipinski definition) is 1. The van der Waals surface area contributed by atoms with Crippen molar-refractivity contribution in [1.29, 1.82) is 0 Å². The number of nitrogens with one attached hydrogen (secondary N) is 1. The van der Waals surface area contributed by atoms with Crippen molar-refractivity contribution in [3.63, 3.8) is 0 Å². The first-order chi connectivity index (χ1) is 13.6. The van der Waals surface area contributed by atoms with E-state index in [1.54, 1.807) is 7.11 Å². The van der Waals surface area contributed by atoms with Gasteiger partial charge in [0.15, 0.2) is 5.96 Å². The summed E-state index contributed by atoms with van der Waals surface area (Å²) in [5, 5.41) is 3.64. The Morgan fingerprint density at radius 2 is 1.86 bits per heavy atom. The summed E-state index contributed by atoms with van der Waals surface area (Å²) in [7, 11) is 7.95. The summed E-state index contributed by atoms with van der Waals surface area (Å²) in [4.78, 5) is 11.6. The van der Waals surface area contributed by atoms with E-state index in [0.717, 1.165) is 70.5 Å². The van der Waals surface area contributed by atoms with Crippen molar-refractivity contribution in [3.8, 4) is 5.75 Å². The molecule has 0 aromatic heterocycles. The number of hydrogen-bond acceptors (Lipinski definition) is 5. The molecule has 0 radical (unpaired) electrons. The van der Waals surface area contributed by atoms with Crippen molar-refractivity contribution in [2.45, 2.75) is 18.4 Å². The Morgan fingerprint density at radius 3 is 2.46 bits per heavy atom. The highest BCUT2D eigenvalue weighted by molar-refractivity contribution is 5.80. The normalized spacial score (nSPS) is 20.4. The number of ether oxygens (including phenoxy) is 2. The third kappa shape index (κ3) is 4.52. The van der Waals surface area contributed by atoms with Crippen LogP contribution < -0.4 is 15.0 Å². The smallest absolute Gasteiger partial charge is 0.193 e. The molecule has 2 fully saturated rings. The molecule has 3 rings (SSSR count). The fourth-order valence-electron chi connectivity index (χ4n) is 4.16. The summed E-state index contributed by atoms with van der Waals surface area (Å²) < 4.78 is 11.1. The van der Waals surface area contributed by atoms with Crippen LogP contribution in [0.2, 0.25) is 0 Å². The molecule has 0 amide bonds. The van der Waals surface area contributed by atoms with Crippen molar-refractivity contribution in [3.05, 3.63) is 24.3 Å². The van der Waals surface area contributed by atoms with Crippen LogP contribution in [0.5, 0.6) is 5.75 Å². The Kier molecular flexibility index (Phi) is 7.02. The molecule has 28 heavy (non-hydrogen) atoms. The number of rotatable bonds is 5. The van der Waals surface area contributed by atoms with E-state index in [0.29, 0.717) is 0 Å². The van der Waals surface area contributed by atoms with Gasteiger partial charge in [-0.25, -0.2) is 0 Å². The van der Waals surface area contributed by atoms with E-state index in [4.69, 9.17) is 9.47 Å². The van der Waals surface area contributed by atoms with Crippen LogP contribution in [0.25, 0.3) is 0 Å². The van der Waals surface area contributed by atoms with Crippen LogP contribution >= 0.6 is 0 Å². The molecule has 7 nitrogen and oxygen atoms in total. The second-order valence-electron chi connectivity index (χ2n) is 7.78. The molecular formula is C21H35N5O2. The van der Waals surface area contributed by atoms with Gasteiger partial charge in [0, 0.05) is 58.5 Å². The van der Waals surface area contributed by atoms with Crippen molar-refractivity contribution in [2.75, 3.05) is 79.1 Å². The molecule has 0 saturated carbocycles. The maximum Gasteiger partial charge on any atom is 0.193 e. The summed E-state index contributed by atoms with van der Waals surface area (Å²) >= 11 is 0. The Bertz CT molecular complexity index is 650. The van der Waals surface area contributed by atoms with Crippen LogP contribution in [0, 0.1) is 0 Å². The third-order valence-corrected chi connectivity index (χ3v) is 6.16. The monoisotopic (exact) mass is 389 g/mol. The van der Waals surface area contributed by atoms with Gasteiger partial charge in [-0.2, -0.15) is 0 Å². The first kappa shape index (κ1) is 20.7. The van der Waals surface area contributed by atoms with Gasteiger partial charge in [-0.1, -0.05) is 12.1 Å². The number of aliphatic imine (C=N–C) groups is 1. The van der Waals surface area contributed by atoms with E-state index in [9.17, 15) is 0 Å². The minimum absolute atomic E-state index is 0.132. The highest BCUT2D eigenvalue weighted by Crippen LogP contribution is 2.28. The van der Waals surface area contributed by atoms with Gasteiger partial charge in [0.1, 0.15) is 5.75 Å². The molecule has 2 aliphatic rings. The molecule has 2 aliphatic heterocycles. The minimum Gasteiger partial charge on any atom is -0.495 e. The molecule has 1 N–H and O–H groups in total. The van der Waals surface area contributed by atoms with Gasteiger partial charge in [0.05, 0.1) is 12.8 Å². The first-order valence-electron chi connectivity index (χ1n) is 10.2. The molecule has 0 unspecified atom stereocenters. The number of methoxy groups -OCH3 is 1. The van der Waals surface area contributed by atoms with Crippen molar-refractivity contribution in [2.24, 2.45) is 4.99 Å². The summed E-state index contributed by atoms with van der Waals surface area (Å²) in [5.41, 5.74) is 1.30. The van der Waals surface area contributed by atoms with Gasteiger partial charge in [0.2, 0.25) is 0 Å². The Balaban J connectivity index is 1.58. The standard InChI is InChI=1S/C21H35N5O2/c1-22-20(23-17-21(24(2)3)9-15-28-16-10-21)26-13-11-25(12-14-26)18-7-5-6-8-19(18)27-4/h5-8H,9-17H2,1-4H3,(H,22,23). The van der Waals surface area contributed by atoms with Crippen LogP contribution in [-0.4, -0.2) is 95.5 Å². The molecule has 0 aliphatic carbocycles. The predicted octanol–water partition coefficient (Wildman–Crippen LogP) is 1.50. The third-order valence-electron chi connectivity index (χ3n) is 6.16. The number of anilines is 1. The van der Waals surface area contributed by atoms with E-state index < -0.39 is 0 Å². The Hall–Kier alpha value is -1.99. The summed E-state index contributed by atoms with van der Waals surface area (Å²) in [6, 6.07) is 8.24. The fourth-order valence-corrected chi connectivity index (χ4v) is 4.16. The van der Waals surface area contributed by atoms with Gasteiger partial charge < -0.3 is 29.5 Å². The summed E-state index contributed by atoms with van der Waals surface area (Å²) in [6.07, 6.45) is 2.09. The lowest BCUT2D eigenvalue weighted by atomic mass is 9.88. The largest absolute Gasteiger partial charge is 0.495 e. The number of likely N-dealkylation sites (N-methyl/N-ethyl adjacent to an activating group) is 1.